The Bertz CT molecular complexity index is 310. The van der Waals surface area contributed by atoms with Crippen LogP contribution in [0.5, 0.6) is 0 Å². The lowest BCUT2D eigenvalue weighted by atomic mass is 9.69. The SMILES string of the molecule is CC=CCOCC1CCC(C2CCC(COCCC)CC2)CC1. The van der Waals surface area contributed by atoms with Crippen LogP contribution in [-0.2, 0) is 9.47 Å². The van der Waals surface area contributed by atoms with Crippen LogP contribution in [-0.4, -0.2) is 26.4 Å². The van der Waals surface area contributed by atoms with Crippen LogP contribution in [0.3, 0.4) is 0 Å². The Morgan fingerprint density at radius 3 is 1.78 bits per heavy atom. The molecule has 0 aromatic rings. The summed E-state index contributed by atoms with van der Waals surface area (Å²) in [5.74, 6) is 3.66. The van der Waals surface area contributed by atoms with E-state index in [2.05, 4.69) is 26.0 Å². The fraction of sp³-hybridized carbons (Fsp3) is 0.905. The van der Waals surface area contributed by atoms with Crippen molar-refractivity contribution in [3.05, 3.63) is 12.2 Å². The van der Waals surface area contributed by atoms with E-state index in [1.165, 1.54) is 51.4 Å². The zero-order chi connectivity index (χ0) is 16.3. The van der Waals surface area contributed by atoms with E-state index in [1.807, 2.05) is 0 Å². The highest BCUT2D eigenvalue weighted by atomic mass is 16.5. The standard InChI is InChI=1S/C21H38O2/c1-3-5-15-23-17-19-8-12-21(13-9-19)20-10-6-18(7-11-20)16-22-14-4-2/h3,5,18-21H,4,6-17H2,1-2H3. The van der Waals surface area contributed by atoms with Gasteiger partial charge in [-0.3, -0.25) is 0 Å². The molecule has 2 heteroatoms. The van der Waals surface area contributed by atoms with Gasteiger partial charge in [0.2, 0.25) is 0 Å². The van der Waals surface area contributed by atoms with Crippen LogP contribution in [0.1, 0.15) is 71.6 Å². The van der Waals surface area contributed by atoms with Crippen molar-refractivity contribution < 1.29 is 9.47 Å². The van der Waals surface area contributed by atoms with Crippen molar-refractivity contribution in [3.8, 4) is 0 Å². The maximum Gasteiger partial charge on any atom is 0.0647 e. The molecule has 134 valence electrons. The van der Waals surface area contributed by atoms with Crippen LogP contribution in [0.25, 0.3) is 0 Å². The maximum atomic E-state index is 5.75. The minimum absolute atomic E-state index is 0.792. The van der Waals surface area contributed by atoms with Crippen molar-refractivity contribution in [1.82, 2.24) is 0 Å². The first-order valence-electron chi connectivity index (χ1n) is 10.1. The smallest absolute Gasteiger partial charge is 0.0647 e. The van der Waals surface area contributed by atoms with Gasteiger partial charge in [0.1, 0.15) is 0 Å². The maximum absolute atomic E-state index is 5.75. The molecular weight excluding hydrogens is 284 g/mol. The molecule has 2 fully saturated rings. The molecule has 2 saturated carbocycles. The van der Waals surface area contributed by atoms with Crippen molar-refractivity contribution in [2.75, 3.05) is 26.4 Å². The van der Waals surface area contributed by atoms with Crippen molar-refractivity contribution in [2.45, 2.75) is 71.6 Å². The topological polar surface area (TPSA) is 18.5 Å². The van der Waals surface area contributed by atoms with Crippen LogP contribution in [0.2, 0.25) is 0 Å². The Labute approximate surface area is 144 Å². The molecule has 0 bridgehead atoms. The fourth-order valence-corrected chi connectivity index (χ4v) is 4.45. The average molecular weight is 323 g/mol. The molecule has 0 saturated heterocycles. The molecule has 0 heterocycles. The molecular formula is C21H38O2. The first-order chi connectivity index (χ1) is 11.3. The highest BCUT2D eigenvalue weighted by molar-refractivity contribution is 4.82. The van der Waals surface area contributed by atoms with Gasteiger partial charge in [-0.15, -0.1) is 0 Å². The van der Waals surface area contributed by atoms with E-state index < -0.39 is 0 Å². The van der Waals surface area contributed by atoms with Gasteiger partial charge in [-0.2, -0.15) is 0 Å². The number of allylic oxidation sites excluding steroid dienone is 1. The molecule has 2 nitrogen and oxygen atoms in total. The fourth-order valence-electron chi connectivity index (χ4n) is 4.45. The molecule has 0 N–H and O–H groups in total. The summed E-state index contributed by atoms with van der Waals surface area (Å²) in [5, 5.41) is 0. The van der Waals surface area contributed by atoms with Crippen molar-refractivity contribution >= 4 is 0 Å². The van der Waals surface area contributed by atoms with Crippen LogP contribution < -0.4 is 0 Å². The van der Waals surface area contributed by atoms with Crippen LogP contribution in [0, 0.1) is 23.7 Å². The third kappa shape index (κ3) is 6.97. The molecule has 2 aliphatic rings. The van der Waals surface area contributed by atoms with Gasteiger partial charge in [-0.1, -0.05) is 19.1 Å². The van der Waals surface area contributed by atoms with E-state index in [0.717, 1.165) is 56.5 Å². The Balaban J connectivity index is 1.57. The number of ether oxygens (including phenoxy) is 2. The second-order valence-corrected chi connectivity index (χ2v) is 7.74. The molecule has 2 rings (SSSR count). The third-order valence-corrected chi connectivity index (χ3v) is 5.95. The largest absolute Gasteiger partial charge is 0.381 e. The van der Waals surface area contributed by atoms with Gasteiger partial charge in [-0.25, -0.2) is 0 Å². The summed E-state index contributed by atoms with van der Waals surface area (Å²) in [5.41, 5.74) is 0. The third-order valence-electron chi connectivity index (χ3n) is 5.95. The summed E-state index contributed by atoms with van der Waals surface area (Å²) in [6.45, 7) is 7.97. The summed E-state index contributed by atoms with van der Waals surface area (Å²) >= 11 is 0. The number of hydrogen-bond acceptors (Lipinski definition) is 2. The summed E-state index contributed by atoms with van der Waals surface area (Å²) < 4.78 is 11.5. The first-order valence-corrected chi connectivity index (χ1v) is 10.1. The highest BCUT2D eigenvalue weighted by Gasteiger charge is 2.30. The molecule has 0 aromatic carbocycles. The molecule has 0 spiro atoms. The zero-order valence-electron chi connectivity index (χ0n) is 15.5. The summed E-state index contributed by atoms with van der Waals surface area (Å²) in [7, 11) is 0. The van der Waals surface area contributed by atoms with Gasteiger partial charge in [0.05, 0.1) is 6.61 Å². The van der Waals surface area contributed by atoms with Crippen molar-refractivity contribution in [3.63, 3.8) is 0 Å². The van der Waals surface area contributed by atoms with E-state index in [9.17, 15) is 0 Å². The molecule has 0 amide bonds. The minimum atomic E-state index is 0.792. The highest BCUT2D eigenvalue weighted by Crippen LogP contribution is 2.41. The predicted molar refractivity (Wildman–Crippen MR) is 97.6 cm³/mol. The zero-order valence-corrected chi connectivity index (χ0v) is 15.5. The minimum Gasteiger partial charge on any atom is -0.381 e. The monoisotopic (exact) mass is 322 g/mol. The quantitative estimate of drug-likeness (QED) is 0.405. The molecule has 0 atom stereocenters. The van der Waals surface area contributed by atoms with Gasteiger partial charge in [-0.05, 0) is 88.4 Å². The Hall–Kier alpha value is -0.340. The average Bonchev–Trinajstić information content (AvgIpc) is 2.60. The van der Waals surface area contributed by atoms with E-state index in [1.54, 1.807) is 0 Å². The van der Waals surface area contributed by atoms with Crippen LogP contribution in [0.15, 0.2) is 12.2 Å². The second-order valence-electron chi connectivity index (χ2n) is 7.74. The second kappa shape index (κ2) is 11.3. The normalized spacial score (nSPS) is 32.4. The summed E-state index contributed by atoms with van der Waals surface area (Å²) in [6.07, 6.45) is 16.7. The van der Waals surface area contributed by atoms with Gasteiger partial charge in [0, 0.05) is 19.8 Å². The van der Waals surface area contributed by atoms with Gasteiger partial charge >= 0.3 is 0 Å². The van der Waals surface area contributed by atoms with Crippen molar-refractivity contribution in [1.29, 1.82) is 0 Å². The lowest BCUT2D eigenvalue weighted by molar-refractivity contribution is 0.0559. The molecule has 0 aromatic heterocycles. The van der Waals surface area contributed by atoms with Gasteiger partial charge < -0.3 is 9.47 Å². The Morgan fingerprint density at radius 2 is 1.30 bits per heavy atom. The molecule has 23 heavy (non-hydrogen) atoms. The Morgan fingerprint density at radius 1 is 0.783 bits per heavy atom. The molecule has 2 aliphatic carbocycles. The molecule has 0 radical (unpaired) electrons. The van der Waals surface area contributed by atoms with E-state index in [-0.39, 0.29) is 0 Å². The van der Waals surface area contributed by atoms with Gasteiger partial charge in [0.15, 0.2) is 0 Å². The van der Waals surface area contributed by atoms with Crippen molar-refractivity contribution in [2.24, 2.45) is 23.7 Å². The number of rotatable bonds is 9. The van der Waals surface area contributed by atoms with E-state index in [4.69, 9.17) is 9.47 Å². The molecule has 0 unspecified atom stereocenters. The van der Waals surface area contributed by atoms with E-state index in [0.29, 0.717) is 0 Å². The van der Waals surface area contributed by atoms with E-state index >= 15 is 0 Å². The van der Waals surface area contributed by atoms with Crippen LogP contribution >= 0.6 is 0 Å². The van der Waals surface area contributed by atoms with Gasteiger partial charge in [0.25, 0.3) is 0 Å². The lowest BCUT2D eigenvalue weighted by Crippen LogP contribution is -2.28. The lowest BCUT2D eigenvalue weighted by Gasteiger charge is -2.37. The Kier molecular flexibility index (Phi) is 9.29. The summed E-state index contributed by atoms with van der Waals surface area (Å²) in [4.78, 5) is 0. The summed E-state index contributed by atoms with van der Waals surface area (Å²) in [6, 6.07) is 0. The van der Waals surface area contributed by atoms with Crippen LogP contribution in [0.4, 0.5) is 0 Å². The predicted octanol–water partition coefficient (Wildman–Crippen LogP) is 5.62. The first kappa shape index (κ1) is 19.0. The number of hydrogen-bond donors (Lipinski definition) is 0. The molecule has 0 aliphatic heterocycles.